The molecule has 0 fully saturated rings. The summed E-state index contributed by atoms with van der Waals surface area (Å²) >= 11 is 1.45. The van der Waals surface area contributed by atoms with Gasteiger partial charge in [-0.25, -0.2) is 18.7 Å². The fraction of sp³-hybridized carbons (Fsp3) is 0.150. The first-order chi connectivity index (χ1) is 13.5. The van der Waals surface area contributed by atoms with Gasteiger partial charge in [-0.2, -0.15) is 0 Å². The maximum Gasteiger partial charge on any atom is 0.240 e. The molecule has 5 nitrogen and oxygen atoms in total. The molecule has 2 aromatic carbocycles. The van der Waals surface area contributed by atoms with Gasteiger partial charge in [0.05, 0.1) is 22.6 Å². The number of nitrogens with zero attached hydrogens (tertiary/aromatic N) is 3. The van der Waals surface area contributed by atoms with Crippen LogP contribution in [0, 0.1) is 11.6 Å². The van der Waals surface area contributed by atoms with Gasteiger partial charge in [-0.05, 0) is 36.8 Å². The second-order valence-corrected chi connectivity index (χ2v) is 7.07. The van der Waals surface area contributed by atoms with Crippen LogP contribution in [0.4, 0.5) is 8.78 Å². The zero-order valence-electron chi connectivity index (χ0n) is 14.9. The number of fused-ring (bicyclic) bond motifs is 1. The van der Waals surface area contributed by atoms with Gasteiger partial charge in [0.1, 0.15) is 12.2 Å². The number of benzene rings is 2. The summed E-state index contributed by atoms with van der Waals surface area (Å²) in [5, 5.41) is 4.70. The minimum Gasteiger partial charge on any atom is -0.348 e. The third kappa shape index (κ3) is 3.50. The van der Waals surface area contributed by atoms with Crippen molar-refractivity contribution in [1.29, 1.82) is 0 Å². The summed E-state index contributed by atoms with van der Waals surface area (Å²) in [4.78, 5) is 21.6. The van der Waals surface area contributed by atoms with Gasteiger partial charge in [0.15, 0.2) is 17.5 Å². The van der Waals surface area contributed by atoms with Crippen LogP contribution in [0.3, 0.4) is 0 Å². The molecule has 4 aromatic rings. The summed E-state index contributed by atoms with van der Waals surface area (Å²) in [6, 6.07) is 10.7. The van der Waals surface area contributed by atoms with Gasteiger partial charge < -0.3 is 9.88 Å². The minimum atomic E-state index is -0.940. The van der Waals surface area contributed by atoms with E-state index >= 15 is 0 Å². The van der Waals surface area contributed by atoms with E-state index in [1.165, 1.54) is 17.4 Å². The van der Waals surface area contributed by atoms with E-state index in [-0.39, 0.29) is 12.5 Å². The average molecular weight is 398 g/mol. The van der Waals surface area contributed by atoms with Crippen molar-refractivity contribution in [3.63, 3.8) is 0 Å². The Balaban J connectivity index is 1.60. The van der Waals surface area contributed by atoms with Crippen LogP contribution in [0.1, 0.15) is 18.5 Å². The smallest absolute Gasteiger partial charge is 0.240 e. The molecule has 28 heavy (non-hydrogen) atoms. The topological polar surface area (TPSA) is 59.8 Å². The summed E-state index contributed by atoms with van der Waals surface area (Å²) in [5.74, 6) is -1.51. The Morgan fingerprint density at radius 3 is 2.79 bits per heavy atom. The number of imidazole rings is 1. The van der Waals surface area contributed by atoms with Gasteiger partial charge in [0, 0.05) is 5.38 Å². The Hall–Kier alpha value is -3.13. The first-order valence-corrected chi connectivity index (χ1v) is 9.55. The molecular formula is C20H16F2N4OS. The van der Waals surface area contributed by atoms with Crippen LogP contribution in [0.5, 0.6) is 0 Å². The summed E-state index contributed by atoms with van der Waals surface area (Å²) < 4.78 is 28.4. The lowest BCUT2D eigenvalue weighted by molar-refractivity contribution is -0.122. The summed E-state index contributed by atoms with van der Waals surface area (Å²) in [6.07, 6.45) is 0. The van der Waals surface area contributed by atoms with Crippen LogP contribution in [0.25, 0.3) is 22.6 Å². The number of aromatic nitrogens is 3. The zero-order chi connectivity index (χ0) is 19.7. The fourth-order valence-electron chi connectivity index (χ4n) is 3.05. The first-order valence-electron chi connectivity index (χ1n) is 8.61. The van der Waals surface area contributed by atoms with Crippen molar-refractivity contribution in [1.82, 2.24) is 19.9 Å². The van der Waals surface area contributed by atoms with Gasteiger partial charge in [-0.15, -0.1) is 11.3 Å². The van der Waals surface area contributed by atoms with E-state index in [4.69, 9.17) is 0 Å². The molecule has 0 saturated carbocycles. The molecular weight excluding hydrogens is 382 g/mol. The number of carbonyl (C=O) groups excluding carboxylic acids is 1. The second kappa shape index (κ2) is 7.47. The summed E-state index contributed by atoms with van der Waals surface area (Å²) in [6.45, 7) is 1.75. The SMILES string of the molecule is CC(NC(=O)Cn1c(-c2cscn2)nc2ccccc21)c1ccc(F)c(F)c1. The van der Waals surface area contributed by atoms with Crippen LogP contribution in [-0.4, -0.2) is 20.4 Å². The molecule has 0 spiro atoms. The molecule has 1 amide bonds. The molecule has 1 unspecified atom stereocenters. The standard InChI is InChI=1S/C20H16F2N4OS/c1-12(13-6-7-14(21)15(22)8-13)24-19(27)9-26-18-5-3-2-4-16(18)25-20(26)17-10-28-11-23-17/h2-8,10-12H,9H2,1H3,(H,24,27). The molecule has 0 aliphatic heterocycles. The van der Waals surface area contributed by atoms with E-state index in [1.54, 1.807) is 17.0 Å². The number of carbonyl (C=O) groups is 1. The Bertz CT molecular complexity index is 1140. The van der Waals surface area contributed by atoms with E-state index in [1.807, 2.05) is 29.6 Å². The van der Waals surface area contributed by atoms with Crippen molar-refractivity contribution in [2.24, 2.45) is 0 Å². The lowest BCUT2D eigenvalue weighted by Gasteiger charge is -2.16. The highest BCUT2D eigenvalue weighted by Gasteiger charge is 2.18. The van der Waals surface area contributed by atoms with E-state index in [9.17, 15) is 13.6 Å². The Labute approximate surface area is 163 Å². The molecule has 0 saturated heterocycles. The third-order valence-electron chi connectivity index (χ3n) is 4.44. The van der Waals surface area contributed by atoms with E-state index in [0.29, 0.717) is 17.1 Å². The molecule has 0 bridgehead atoms. The van der Waals surface area contributed by atoms with E-state index < -0.39 is 17.7 Å². The van der Waals surface area contributed by atoms with E-state index in [0.717, 1.165) is 23.2 Å². The quantitative estimate of drug-likeness (QED) is 0.545. The molecule has 2 heterocycles. The number of amides is 1. The predicted molar refractivity (Wildman–Crippen MR) is 104 cm³/mol. The average Bonchev–Trinajstić information content (AvgIpc) is 3.32. The zero-order valence-corrected chi connectivity index (χ0v) is 15.7. The molecule has 4 rings (SSSR count). The predicted octanol–water partition coefficient (Wildman–Crippen LogP) is 4.32. The molecule has 1 atom stereocenters. The number of thiazole rings is 1. The highest BCUT2D eigenvalue weighted by Crippen LogP contribution is 2.25. The molecule has 142 valence electrons. The van der Waals surface area contributed by atoms with Crippen molar-refractivity contribution in [3.8, 4) is 11.5 Å². The number of nitrogens with one attached hydrogen (secondary N) is 1. The highest BCUT2D eigenvalue weighted by atomic mass is 32.1. The molecule has 2 aromatic heterocycles. The Kier molecular flexibility index (Phi) is 4.87. The molecule has 0 aliphatic rings. The van der Waals surface area contributed by atoms with Crippen LogP contribution in [-0.2, 0) is 11.3 Å². The van der Waals surface area contributed by atoms with Crippen LogP contribution < -0.4 is 5.32 Å². The third-order valence-corrected chi connectivity index (χ3v) is 5.03. The fourth-order valence-corrected chi connectivity index (χ4v) is 3.58. The Morgan fingerprint density at radius 1 is 1.21 bits per heavy atom. The van der Waals surface area contributed by atoms with Gasteiger partial charge in [-0.1, -0.05) is 18.2 Å². The van der Waals surface area contributed by atoms with Gasteiger partial charge in [0.25, 0.3) is 0 Å². The van der Waals surface area contributed by atoms with Crippen molar-refractivity contribution >= 4 is 28.3 Å². The van der Waals surface area contributed by atoms with Crippen LogP contribution in [0.15, 0.2) is 53.4 Å². The number of rotatable bonds is 5. The monoisotopic (exact) mass is 398 g/mol. The van der Waals surface area contributed by atoms with Crippen molar-refractivity contribution in [2.75, 3.05) is 0 Å². The van der Waals surface area contributed by atoms with Gasteiger partial charge in [0.2, 0.25) is 5.91 Å². The van der Waals surface area contributed by atoms with Crippen LogP contribution >= 0.6 is 11.3 Å². The Morgan fingerprint density at radius 2 is 2.04 bits per heavy atom. The maximum absolute atomic E-state index is 13.5. The number of para-hydroxylation sites is 2. The first kappa shape index (κ1) is 18.2. The minimum absolute atomic E-state index is 0.0292. The van der Waals surface area contributed by atoms with Gasteiger partial charge >= 0.3 is 0 Å². The normalized spacial score (nSPS) is 12.2. The summed E-state index contributed by atoms with van der Waals surface area (Å²) in [5.41, 5.74) is 4.49. The number of hydrogen-bond acceptors (Lipinski definition) is 4. The second-order valence-electron chi connectivity index (χ2n) is 6.35. The number of hydrogen-bond donors (Lipinski definition) is 1. The maximum atomic E-state index is 13.5. The van der Waals surface area contributed by atoms with Crippen molar-refractivity contribution < 1.29 is 13.6 Å². The van der Waals surface area contributed by atoms with Crippen molar-refractivity contribution in [2.45, 2.75) is 19.5 Å². The van der Waals surface area contributed by atoms with Gasteiger partial charge in [-0.3, -0.25) is 4.79 Å². The molecule has 8 heteroatoms. The van der Waals surface area contributed by atoms with Crippen LogP contribution in [0.2, 0.25) is 0 Å². The van der Waals surface area contributed by atoms with Crippen molar-refractivity contribution in [3.05, 3.63) is 70.6 Å². The molecule has 0 radical (unpaired) electrons. The molecule has 1 N–H and O–H groups in total. The van der Waals surface area contributed by atoms with E-state index in [2.05, 4.69) is 15.3 Å². The largest absolute Gasteiger partial charge is 0.348 e. The molecule has 0 aliphatic carbocycles. The highest BCUT2D eigenvalue weighted by molar-refractivity contribution is 7.07. The lowest BCUT2D eigenvalue weighted by atomic mass is 10.1. The lowest BCUT2D eigenvalue weighted by Crippen LogP contribution is -2.30. The number of halogens is 2. The summed E-state index contributed by atoms with van der Waals surface area (Å²) in [7, 11) is 0.